The number of halogens is 1. The number of nitrogens with one attached hydrogen (secondary N) is 2. The molecule has 1 aromatic heterocycles. The number of benzene rings is 1. The first-order valence-electron chi connectivity index (χ1n) is 6.46. The van der Waals surface area contributed by atoms with Crippen molar-refractivity contribution in [3.63, 3.8) is 0 Å². The van der Waals surface area contributed by atoms with Gasteiger partial charge in [0.1, 0.15) is 5.82 Å². The number of rotatable bonds is 7. The van der Waals surface area contributed by atoms with E-state index in [1.54, 1.807) is 12.1 Å². The minimum Gasteiger partial charge on any atom is -0.312 e. The van der Waals surface area contributed by atoms with Crippen LogP contribution in [-0.4, -0.2) is 27.8 Å². The number of hydrogen-bond acceptors (Lipinski definition) is 4. The Morgan fingerprint density at radius 2 is 2.10 bits per heavy atom. The standard InChI is InChI=1S/C14H17FN2O2S2/c1-16-21(18,19)8-6-17-10-11-4-5-13(15)12(9-11)14-3-2-7-20-14/h2-5,7,9,16-17H,6,8,10H2,1H3. The number of sulfonamides is 1. The molecule has 0 aliphatic carbocycles. The fourth-order valence-corrected chi connectivity index (χ4v) is 3.21. The Morgan fingerprint density at radius 3 is 2.76 bits per heavy atom. The molecule has 0 spiro atoms. The molecule has 1 aromatic carbocycles. The molecule has 114 valence electrons. The zero-order chi connectivity index (χ0) is 15.3. The summed E-state index contributed by atoms with van der Waals surface area (Å²) in [7, 11) is -1.80. The second kappa shape index (κ2) is 7.13. The average Bonchev–Trinajstić information content (AvgIpc) is 2.99. The Morgan fingerprint density at radius 1 is 1.29 bits per heavy atom. The third-order valence-electron chi connectivity index (χ3n) is 3.01. The lowest BCUT2D eigenvalue weighted by Crippen LogP contribution is -2.29. The van der Waals surface area contributed by atoms with E-state index in [1.807, 2.05) is 17.5 Å². The maximum absolute atomic E-state index is 13.8. The molecular weight excluding hydrogens is 311 g/mol. The van der Waals surface area contributed by atoms with Crippen LogP contribution in [0.4, 0.5) is 4.39 Å². The van der Waals surface area contributed by atoms with E-state index in [1.165, 1.54) is 24.5 Å². The first-order valence-corrected chi connectivity index (χ1v) is 8.99. The summed E-state index contributed by atoms with van der Waals surface area (Å²) in [5.41, 5.74) is 1.49. The van der Waals surface area contributed by atoms with Gasteiger partial charge < -0.3 is 5.32 Å². The Labute approximate surface area is 128 Å². The highest BCUT2D eigenvalue weighted by Gasteiger charge is 2.08. The van der Waals surface area contributed by atoms with Crippen molar-refractivity contribution in [2.75, 3.05) is 19.3 Å². The maximum Gasteiger partial charge on any atom is 0.212 e. The molecule has 21 heavy (non-hydrogen) atoms. The lowest BCUT2D eigenvalue weighted by atomic mass is 10.1. The van der Waals surface area contributed by atoms with Gasteiger partial charge in [-0.1, -0.05) is 12.1 Å². The summed E-state index contributed by atoms with van der Waals surface area (Å²) >= 11 is 1.49. The Bertz CT molecular complexity index is 685. The van der Waals surface area contributed by atoms with Crippen LogP contribution in [-0.2, 0) is 16.6 Å². The van der Waals surface area contributed by atoms with Crippen LogP contribution in [0.2, 0.25) is 0 Å². The van der Waals surface area contributed by atoms with Crippen LogP contribution in [0.5, 0.6) is 0 Å². The lowest BCUT2D eigenvalue weighted by Gasteiger charge is -2.08. The van der Waals surface area contributed by atoms with Gasteiger partial charge in [-0.05, 0) is 36.2 Å². The van der Waals surface area contributed by atoms with E-state index in [0.29, 0.717) is 18.7 Å². The number of thiophene rings is 1. The lowest BCUT2D eigenvalue weighted by molar-refractivity contribution is 0.583. The highest BCUT2D eigenvalue weighted by molar-refractivity contribution is 7.89. The van der Waals surface area contributed by atoms with E-state index >= 15 is 0 Å². The van der Waals surface area contributed by atoms with Crippen molar-refractivity contribution in [2.24, 2.45) is 0 Å². The molecule has 0 saturated heterocycles. The summed E-state index contributed by atoms with van der Waals surface area (Å²) in [6.07, 6.45) is 0. The van der Waals surface area contributed by atoms with E-state index in [0.717, 1.165) is 10.4 Å². The predicted octanol–water partition coefficient (Wildman–Crippen LogP) is 2.19. The molecule has 0 radical (unpaired) electrons. The monoisotopic (exact) mass is 328 g/mol. The smallest absolute Gasteiger partial charge is 0.212 e. The molecule has 2 aromatic rings. The molecule has 2 rings (SSSR count). The summed E-state index contributed by atoms with van der Waals surface area (Å²) in [5, 5.41) is 4.95. The molecule has 0 unspecified atom stereocenters. The Balaban J connectivity index is 1.97. The van der Waals surface area contributed by atoms with Gasteiger partial charge >= 0.3 is 0 Å². The van der Waals surface area contributed by atoms with Crippen LogP contribution in [0.1, 0.15) is 5.56 Å². The van der Waals surface area contributed by atoms with Crippen molar-refractivity contribution >= 4 is 21.4 Å². The molecule has 2 N–H and O–H groups in total. The van der Waals surface area contributed by atoms with Crippen molar-refractivity contribution in [1.82, 2.24) is 10.0 Å². The van der Waals surface area contributed by atoms with E-state index in [4.69, 9.17) is 0 Å². The SMILES string of the molecule is CNS(=O)(=O)CCNCc1ccc(F)c(-c2cccs2)c1. The van der Waals surface area contributed by atoms with Crippen molar-refractivity contribution in [3.8, 4) is 10.4 Å². The second-order valence-electron chi connectivity index (χ2n) is 4.49. The topological polar surface area (TPSA) is 58.2 Å². The van der Waals surface area contributed by atoms with E-state index < -0.39 is 10.0 Å². The summed E-state index contributed by atoms with van der Waals surface area (Å²) in [4.78, 5) is 0.882. The largest absolute Gasteiger partial charge is 0.312 e. The molecule has 0 aliphatic heterocycles. The fourth-order valence-electron chi connectivity index (χ4n) is 1.84. The van der Waals surface area contributed by atoms with Gasteiger partial charge in [-0.3, -0.25) is 0 Å². The zero-order valence-corrected chi connectivity index (χ0v) is 13.2. The van der Waals surface area contributed by atoms with Crippen molar-refractivity contribution in [3.05, 3.63) is 47.1 Å². The first-order chi connectivity index (χ1) is 10.0. The van der Waals surface area contributed by atoms with Crippen molar-refractivity contribution < 1.29 is 12.8 Å². The molecule has 0 bridgehead atoms. The Kier molecular flexibility index (Phi) is 5.46. The van der Waals surface area contributed by atoms with Gasteiger partial charge in [0, 0.05) is 23.5 Å². The average molecular weight is 328 g/mol. The molecule has 1 heterocycles. The summed E-state index contributed by atoms with van der Waals surface area (Å²) in [6.45, 7) is 0.840. The van der Waals surface area contributed by atoms with Crippen molar-refractivity contribution in [2.45, 2.75) is 6.54 Å². The first kappa shape index (κ1) is 16.1. The van der Waals surface area contributed by atoms with Gasteiger partial charge in [-0.15, -0.1) is 11.3 Å². The van der Waals surface area contributed by atoms with Crippen LogP contribution in [0.25, 0.3) is 10.4 Å². The number of hydrogen-bond donors (Lipinski definition) is 2. The molecular formula is C14H17FN2O2S2. The second-order valence-corrected chi connectivity index (χ2v) is 7.48. The van der Waals surface area contributed by atoms with Crippen LogP contribution in [0.3, 0.4) is 0 Å². The fraction of sp³-hybridized carbons (Fsp3) is 0.286. The molecule has 7 heteroatoms. The minimum atomic E-state index is -3.20. The molecule has 0 fully saturated rings. The van der Waals surface area contributed by atoms with Crippen molar-refractivity contribution in [1.29, 1.82) is 0 Å². The highest BCUT2D eigenvalue weighted by atomic mass is 32.2. The summed E-state index contributed by atoms with van der Waals surface area (Å²) in [5.74, 6) is -0.235. The van der Waals surface area contributed by atoms with Gasteiger partial charge in [0.15, 0.2) is 0 Å². The molecule has 0 atom stereocenters. The van der Waals surface area contributed by atoms with Gasteiger partial charge in [0.2, 0.25) is 10.0 Å². The predicted molar refractivity (Wildman–Crippen MR) is 84.3 cm³/mol. The van der Waals surface area contributed by atoms with E-state index in [9.17, 15) is 12.8 Å². The van der Waals surface area contributed by atoms with Crippen LogP contribution in [0.15, 0.2) is 35.7 Å². The summed E-state index contributed by atoms with van der Waals surface area (Å²) < 4.78 is 38.6. The van der Waals surface area contributed by atoms with Crippen LogP contribution >= 0.6 is 11.3 Å². The van der Waals surface area contributed by atoms with Gasteiger partial charge in [-0.25, -0.2) is 17.5 Å². The van der Waals surface area contributed by atoms with Gasteiger partial charge in [0.25, 0.3) is 0 Å². The maximum atomic E-state index is 13.8. The normalized spacial score (nSPS) is 11.7. The molecule has 4 nitrogen and oxygen atoms in total. The van der Waals surface area contributed by atoms with Crippen LogP contribution < -0.4 is 10.0 Å². The van der Waals surface area contributed by atoms with Crippen LogP contribution in [0, 0.1) is 5.82 Å². The van der Waals surface area contributed by atoms with E-state index in [2.05, 4.69) is 10.0 Å². The van der Waals surface area contributed by atoms with Gasteiger partial charge in [-0.2, -0.15) is 0 Å². The van der Waals surface area contributed by atoms with Gasteiger partial charge in [0.05, 0.1) is 5.75 Å². The van der Waals surface area contributed by atoms with E-state index in [-0.39, 0.29) is 11.6 Å². The highest BCUT2D eigenvalue weighted by Crippen LogP contribution is 2.28. The summed E-state index contributed by atoms with van der Waals surface area (Å²) in [6, 6.07) is 8.69. The quantitative estimate of drug-likeness (QED) is 0.766. The third kappa shape index (κ3) is 4.60. The minimum absolute atomic E-state index is 0.0163. The molecule has 0 amide bonds. The zero-order valence-electron chi connectivity index (χ0n) is 11.6. The molecule has 0 saturated carbocycles. The molecule has 0 aliphatic rings. The third-order valence-corrected chi connectivity index (χ3v) is 5.27. The Hall–Kier alpha value is -1.28.